The second-order valence-corrected chi connectivity index (χ2v) is 11.5. The average molecular weight is 492 g/mol. The molecular weight excluding hydrogens is 457 g/mol. The van der Waals surface area contributed by atoms with Crippen molar-refractivity contribution < 1.29 is 27.4 Å². The van der Waals surface area contributed by atoms with Gasteiger partial charge >= 0.3 is 0 Å². The summed E-state index contributed by atoms with van der Waals surface area (Å²) in [4.78, 5) is 0. The van der Waals surface area contributed by atoms with E-state index in [1.54, 1.807) is 6.07 Å². The van der Waals surface area contributed by atoms with Gasteiger partial charge in [0, 0.05) is 36.8 Å². The first kappa shape index (κ1) is 25.3. The van der Waals surface area contributed by atoms with Gasteiger partial charge in [-0.15, -0.1) is 0 Å². The van der Waals surface area contributed by atoms with Crippen molar-refractivity contribution in [3.05, 3.63) is 71.0 Å². The molecular formula is C26H34FNO5S. The zero-order valence-corrected chi connectivity index (χ0v) is 20.5. The Labute approximate surface area is 201 Å². The van der Waals surface area contributed by atoms with Crippen LogP contribution >= 0.6 is 0 Å². The maximum atomic E-state index is 15.4. The van der Waals surface area contributed by atoms with E-state index in [2.05, 4.69) is 0 Å². The second-order valence-electron chi connectivity index (χ2n) is 9.39. The molecule has 6 nitrogen and oxygen atoms in total. The maximum absolute atomic E-state index is 15.4. The molecule has 2 saturated heterocycles. The van der Waals surface area contributed by atoms with Crippen LogP contribution in [0.1, 0.15) is 54.5 Å². The zero-order valence-electron chi connectivity index (χ0n) is 19.7. The highest BCUT2D eigenvalue weighted by molar-refractivity contribution is 7.89. The zero-order chi connectivity index (χ0) is 24.2. The molecule has 2 aliphatic heterocycles. The van der Waals surface area contributed by atoms with Crippen LogP contribution in [0.2, 0.25) is 0 Å². The van der Waals surface area contributed by atoms with Gasteiger partial charge in [-0.3, -0.25) is 0 Å². The van der Waals surface area contributed by atoms with Gasteiger partial charge in [0.1, 0.15) is 11.1 Å². The van der Waals surface area contributed by atoms with Crippen molar-refractivity contribution >= 4 is 10.0 Å². The Balaban J connectivity index is 1.58. The predicted octanol–water partition coefficient (Wildman–Crippen LogP) is 3.94. The van der Waals surface area contributed by atoms with Crippen LogP contribution in [0.3, 0.4) is 0 Å². The number of rotatable bonds is 8. The highest BCUT2D eigenvalue weighted by atomic mass is 32.2. The van der Waals surface area contributed by atoms with Gasteiger partial charge in [-0.05, 0) is 49.8 Å². The van der Waals surface area contributed by atoms with Crippen LogP contribution in [0.15, 0.2) is 48.5 Å². The molecule has 2 heterocycles. The summed E-state index contributed by atoms with van der Waals surface area (Å²) in [5.41, 5.74) is 1.59. The van der Waals surface area contributed by atoms with Crippen LogP contribution in [0.4, 0.5) is 4.39 Å². The van der Waals surface area contributed by atoms with Gasteiger partial charge in [-0.2, -0.15) is 4.31 Å². The van der Waals surface area contributed by atoms with E-state index in [9.17, 15) is 8.42 Å². The van der Waals surface area contributed by atoms with Crippen LogP contribution in [0.25, 0.3) is 0 Å². The third kappa shape index (κ3) is 5.21. The van der Waals surface area contributed by atoms with Crippen molar-refractivity contribution in [1.82, 2.24) is 4.31 Å². The number of ether oxygens (including phenoxy) is 2. The van der Waals surface area contributed by atoms with Crippen LogP contribution in [0.5, 0.6) is 0 Å². The quantitative estimate of drug-likeness (QED) is 0.566. The van der Waals surface area contributed by atoms with Gasteiger partial charge in [0.2, 0.25) is 10.0 Å². The van der Waals surface area contributed by atoms with Gasteiger partial charge in [0.05, 0.1) is 19.8 Å². The van der Waals surface area contributed by atoms with E-state index in [1.807, 2.05) is 43.3 Å². The molecule has 0 aromatic heterocycles. The molecule has 0 unspecified atom stereocenters. The fourth-order valence-corrected chi connectivity index (χ4v) is 7.32. The Bertz CT molecular complexity index is 1060. The normalized spacial score (nSPS) is 24.7. The third-order valence-corrected chi connectivity index (χ3v) is 9.62. The Hall–Kier alpha value is -1.84. The lowest BCUT2D eigenvalue weighted by molar-refractivity contribution is -0.00711. The molecule has 0 spiro atoms. The molecule has 186 valence electrons. The van der Waals surface area contributed by atoms with E-state index in [1.165, 1.54) is 10.4 Å². The minimum absolute atomic E-state index is 0.00999. The Morgan fingerprint density at radius 3 is 2.56 bits per heavy atom. The van der Waals surface area contributed by atoms with Gasteiger partial charge < -0.3 is 14.6 Å². The molecule has 4 rings (SSSR count). The lowest BCUT2D eigenvalue weighted by Crippen LogP contribution is -2.45. The van der Waals surface area contributed by atoms with Crippen molar-refractivity contribution in [1.29, 1.82) is 0 Å². The summed E-state index contributed by atoms with van der Waals surface area (Å²) in [6, 6.07) is 14.2. The molecule has 0 amide bonds. The number of benzene rings is 2. The van der Waals surface area contributed by atoms with Crippen molar-refractivity contribution in [2.75, 3.05) is 33.0 Å². The molecule has 0 bridgehead atoms. The highest BCUT2D eigenvalue weighted by Crippen LogP contribution is 2.39. The van der Waals surface area contributed by atoms with E-state index in [4.69, 9.17) is 14.6 Å². The van der Waals surface area contributed by atoms with Crippen molar-refractivity contribution in [3.8, 4) is 0 Å². The molecule has 0 saturated carbocycles. The summed E-state index contributed by atoms with van der Waals surface area (Å²) < 4.78 is 55.0. The molecule has 2 atom stereocenters. The Kier molecular flexibility index (Phi) is 8.05. The van der Waals surface area contributed by atoms with E-state index >= 15 is 4.39 Å². The number of halogens is 1. The molecule has 8 heteroatoms. The molecule has 1 N–H and O–H groups in total. The molecule has 2 aromatic carbocycles. The number of nitrogens with zero attached hydrogens (tertiary/aromatic N) is 1. The van der Waals surface area contributed by atoms with Gasteiger partial charge in [0.25, 0.3) is 0 Å². The Morgan fingerprint density at radius 1 is 1.15 bits per heavy atom. The van der Waals surface area contributed by atoms with Crippen molar-refractivity contribution in [2.45, 2.75) is 55.9 Å². The van der Waals surface area contributed by atoms with Crippen LogP contribution in [-0.2, 0) is 31.5 Å². The van der Waals surface area contributed by atoms with Crippen molar-refractivity contribution in [3.63, 3.8) is 0 Å². The van der Waals surface area contributed by atoms with Gasteiger partial charge in [-0.25, -0.2) is 12.8 Å². The summed E-state index contributed by atoms with van der Waals surface area (Å²) in [5, 5.41) is 8.47. The summed E-state index contributed by atoms with van der Waals surface area (Å²) in [5.74, 6) is -0.408. The molecule has 2 aliphatic rings. The van der Waals surface area contributed by atoms with Gasteiger partial charge in [-0.1, -0.05) is 42.5 Å². The summed E-state index contributed by atoms with van der Waals surface area (Å²) in [7, 11) is -3.63. The maximum Gasteiger partial charge on any atom is 0.221 e. The van der Waals surface area contributed by atoms with E-state index in [-0.39, 0.29) is 31.2 Å². The number of sulfonamides is 1. The van der Waals surface area contributed by atoms with E-state index < -0.39 is 21.1 Å². The minimum atomic E-state index is -3.63. The van der Waals surface area contributed by atoms with Crippen molar-refractivity contribution in [2.24, 2.45) is 0 Å². The first-order valence-corrected chi connectivity index (χ1v) is 13.5. The molecule has 2 aromatic rings. The summed E-state index contributed by atoms with van der Waals surface area (Å²) in [6.45, 7) is 3.58. The predicted molar refractivity (Wildman–Crippen MR) is 128 cm³/mol. The highest BCUT2D eigenvalue weighted by Gasteiger charge is 2.41. The standard InChI is InChI=1S/C26H34FNO5S/c1-20-7-10-25(21-5-3-2-4-6-21)34(30,31)28(20)18-22-8-9-23(17-24(22)27)26(19-33-16-13-29)11-14-32-15-12-26/h2-6,8-9,17,20,25,29H,7,10-16,18-19H2,1H3/t20-,25+/m0/s1. The number of hydrogen-bond acceptors (Lipinski definition) is 5. The molecule has 2 fully saturated rings. The number of aliphatic hydroxyl groups excluding tert-OH is 1. The van der Waals surface area contributed by atoms with Crippen LogP contribution < -0.4 is 0 Å². The summed E-state index contributed by atoms with van der Waals surface area (Å²) >= 11 is 0. The van der Waals surface area contributed by atoms with Crippen LogP contribution in [0, 0.1) is 5.82 Å². The fourth-order valence-electron chi connectivity index (χ4n) is 5.14. The smallest absolute Gasteiger partial charge is 0.221 e. The molecule has 0 radical (unpaired) electrons. The molecule has 0 aliphatic carbocycles. The lowest BCUT2D eigenvalue weighted by Gasteiger charge is -2.38. The number of hydrogen-bond donors (Lipinski definition) is 1. The van der Waals surface area contributed by atoms with Crippen LogP contribution in [-0.4, -0.2) is 56.9 Å². The largest absolute Gasteiger partial charge is 0.394 e. The van der Waals surface area contributed by atoms with E-state index in [0.717, 1.165) is 17.5 Å². The Morgan fingerprint density at radius 2 is 1.88 bits per heavy atom. The third-order valence-electron chi connectivity index (χ3n) is 7.25. The SMILES string of the molecule is C[C@H]1CC[C@H](c2ccccc2)S(=O)(=O)N1Cc1ccc(C2(COCCO)CCOCC2)cc1F. The average Bonchev–Trinajstić information content (AvgIpc) is 2.83. The number of aliphatic hydroxyl groups is 1. The van der Waals surface area contributed by atoms with E-state index in [0.29, 0.717) is 44.6 Å². The first-order chi connectivity index (χ1) is 16.4. The molecule has 34 heavy (non-hydrogen) atoms. The fraction of sp³-hybridized carbons (Fsp3) is 0.538. The topological polar surface area (TPSA) is 76.1 Å². The second kappa shape index (κ2) is 10.8. The minimum Gasteiger partial charge on any atom is -0.394 e. The summed E-state index contributed by atoms with van der Waals surface area (Å²) in [6.07, 6.45) is 2.69. The first-order valence-electron chi connectivity index (χ1n) is 12.0. The van der Waals surface area contributed by atoms with Gasteiger partial charge in [0.15, 0.2) is 0 Å². The monoisotopic (exact) mass is 491 g/mol. The lowest BCUT2D eigenvalue weighted by atomic mass is 9.74.